The topological polar surface area (TPSA) is 52.0 Å². The van der Waals surface area contributed by atoms with E-state index in [1.165, 1.54) is 12.1 Å². The first-order chi connectivity index (χ1) is 7.88. The molecule has 1 rings (SSSR count). The Morgan fingerprint density at radius 3 is 2.39 bits per heavy atom. The van der Waals surface area contributed by atoms with Gasteiger partial charge >= 0.3 is 6.18 Å². The second kappa shape index (κ2) is 7.19. The zero-order valence-electron chi connectivity index (χ0n) is 9.51. The van der Waals surface area contributed by atoms with E-state index in [-0.39, 0.29) is 23.0 Å². The molecule has 0 amide bonds. The second-order valence-corrected chi connectivity index (χ2v) is 4.14. The minimum absolute atomic E-state index is 0. The van der Waals surface area contributed by atoms with Crippen LogP contribution >= 0.6 is 24.0 Å². The van der Waals surface area contributed by atoms with Crippen molar-refractivity contribution in [2.75, 3.05) is 6.54 Å². The molecule has 1 aromatic carbocycles. The summed E-state index contributed by atoms with van der Waals surface area (Å²) in [6, 6.07) is 2.92. The lowest BCUT2D eigenvalue weighted by Crippen LogP contribution is -2.19. The van der Waals surface area contributed by atoms with Crippen LogP contribution in [0.2, 0.25) is 5.02 Å². The summed E-state index contributed by atoms with van der Waals surface area (Å²) < 4.78 is 38.3. The molecule has 0 aromatic heterocycles. The minimum Gasteiger partial charge on any atom is -0.330 e. The van der Waals surface area contributed by atoms with Gasteiger partial charge in [-0.3, -0.25) is 0 Å². The number of hydrogen-bond donors (Lipinski definition) is 2. The van der Waals surface area contributed by atoms with Gasteiger partial charge in [0.15, 0.2) is 0 Å². The molecule has 0 bridgehead atoms. The van der Waals surface area contributed by atoms with Crippen LogP contribution in [-0.2, 0) is 6.18 Å². The smallest absolute Gasteiger partial charge is 0.330 e. The predicted molar refractivity (Wildman–Crippen MR) is 68.9 cm³/mol. The summed E-state index contributed by atoms with van der Waals surface area (Å²) in [6.45, 7) is 0.388. The summed E-state index contributed by atoms with van der Waals surface area (Å²) in [5, 5.41) is 0.0457. The molecule has 0 saturated carbocycles. The molecule has 0 unspecified atom stereocenters. The number of halogens is 5. The first-order valence-corrected chi connectivity index (χ1v) is 5.57. The van der Waals surface area contributed by atoms with Crippen LogP contribution in [0.25, 0.3) is 0 Å². The first-order valence-electron chi connectivity index (χ1n) is 5.19. The van der Waals surface area contributed by atoms with Gasteiger partial charge in [-0.05, 0) is 37.1 Å². The van der Waals surface area contributed by atoms with Crippen LogP contribution in [0.4, 0.5) is 13.2 Å². The van der Waals surface area contributed by atoms with Gasteiger partial charge in [-0.15, -0.1) is 12.4 Å². The minimum atomic E-state index is -4.44. The molecule has 1 atom stereocenters. The lowest BCUT2D eigenvalue weighted by Gasteiger charge is -2.19. The molecule has 0 aliphatic heterocycles. The highest BCUT2D eigenvalue weighted by atomic mass is 35.5. The molecule has 2 nitrogen and oxygen atoms in total. The summed E-state index contributed by atoms with van der Waals surface area (Å²) in [5.41, 5.74) is 10.2. The third-order valence-corrected chi connectivity index (χ3v) is 2.78. The third kappa shape index (κ3) is 4.31. The molecule has 0 spiro atoms. The largest absolute Gasteiger partial charge is 0.416 e. The molecule has 0 aliphatic carbocycles. The molecule has 18 heavy (non-hydrogen) atoms. The molecule has 4 N–H and O–H groups in total. The average Bonchev–Trinajstić information content (AvgIpc) is 2.24. The van der Waals surface area contributed by atoms with Crippen LogP contribution in [0, 0.1) is 0 Å². The quantitative estimate of drug-likeness (QED) is 0.894. The van der Waals surface area contributed by atoms with Gasteiger partial charge in [-0.2, -0.15) is 13.2 Å². The van der Waals surface area contributed by atoms with Gasteiger partial charge in [0.1, 0.15) is 0 Å². The van der Waals surface area contributed by atoms with Crippen molar-refractivity contribution >= 4 is 24.0 Å². The van der Waals surface area contributed by atoms with E-state index in [1.807, 2.05) is 0 Å². The highest BCUT2D eigenvalue weighted by Gasteiger charge is 2.35. The summed E-state index contributed by atoms with van der Waals surface area (Å²) in [5.74, 6) is 0. The molecule has 7 heteroatoms. The Morgan fingerprint density at radius 2 is 1.89 bits per heavy atom. The van der Waals surface area contributed by atoms with Crippen molar-refractivity contribution in [2.24, 2.45) is 11.5 Å². The fourth-order valence-electron chi connectivity index (χ4n) is 1.64. The van der Waals surface area contributed by atoms with E-state index < -0.39 is 17.8 Å². The van der Waals surface area contributed by atoms with Crippen LogP contribution in [0.3, 0.4) is 0 Å². The zero-order valence-corrected chi connectivity index (χ0v) is 11.1. The van der Waals surface area contributed by atoms with Gasteiger partial charge in [-0.1, -0.05) is 17.7 Å². The second-order valence-electron chi connectivity index (χ2n) is 3.74. The number of benzene rings is 1. The standard InChI is InChI=1S/C11H14ClF3N2.ClH/c12-8-4-1-3-7(11(13,14)15)10(8)9(17)5-2-6-16;/h1,3-4,9H,2,5-6,16-17H2;1H/t9-;/m0./s1. The van der Waals surface area contributed by atoms with Gasteiger partial charge in [0.2, 0.25) is 0 Å². The van der Waals surface area contributed by atoms with Crippen LogP contribution in [0.15, 0.2) is 18.2 Å². The van der Waals surface area contributed by atoms with Crippen molar-refractivity contribution in [1.29, 1.82) is 0 Å². The third-order valence-electron chi connectivity index (χ3n) is 2.45. The van der Waals surface area contributed by atoms with Crippen LogP contribution in [0.1, 0.15) is 30.0 Å². The van der Waals surface area contributed by atoms with E-state index in [2.05, 4.69) is 0 Å². The van der Waals surface area contributed by atoms with Crippen LogP contribution in [-0.4, -0.2) is 6.54 Å². The van der Waals surface area contributed by atoms with Crippen molar-refractivity contribution in [1.82, 2.24) is 0 Å². The Balaban J connectivity index is 0.00000289. The Labute approximate surface area is 115 Å². The molecule has 0 saturated heterocycles. The Hall–Kier alpha value is -0.490. The van der Waals surface area contributed by atoms with Crippen LogP contribution < -0.4 is 11.5 Å². The highest BCUT2D eigenvalue weighted by Crippen LogP contribution is 2.38. The van der Waals surface area contributed by atoms with Gasteiger partial charge in [0.05, 0.1) is 5.56 Å². The number of nitrogens with two attached hydrogens (primary N) is 2. The monoisotopic (exact) mass is 302 g/mol. The summed E-state index contributed by atoms with van der Waals surface area (Å²) in [4.78, 5) is 0. The van der Waals surface area contributed by atoms with E-state index >= 15 is 0 Å². The Morgan fingerprint density at radius 1 is 1.28 bits per heavy atom. The molecule has 0 radical (unpaired) electrons. The molecule has 1 aromatic rings. The molecule has 0 heterocycles. The average molecular weight is 303 g/mol. The van der Waals surface area contributed by atoms with Crippen molar-refractivity contribution < 1.29 is 13.2 Å². The normalized spacial score (nSPS) is 13.0. The van der Waals surface area contributed by atoms with E-state index in [4.69, 9.17) is 23.1 Å². The number of alkyl halides is 3. The van der Waals surface area contributed by atoms with E-state index in [1.54, 1.807) is 0 Å². The maximum atomic E-state index is 12.8. The van der Waals surface area contributed by atoms with Gasteiger partial charge < -0.3 is 11.5 Å². The maximum Gasteiger partial charge on any atom is 0.416 e. The van der Waals surface area contributed by atoms with E-state index in [0.29, 0.717) is 19.4 Å². The van der Waals surface area contributed by atoms with Crippen molar-refractivity contribution in [3.8, 4) is 0 Å². The number of hydrogen-bond acceptors (Lipinski definition) is 2. The first kappa shape index (κ1) is 17.5. The summed E-state index contributed by atoms with van der Waals surface area (Å²) in [7, 11) is 0. The number of rotatable bonds is 4. The van der Waals surface area contributed by atoms with Gasteiger partial charge in [-0.25, -0.2) is 0 Å². The fourth-order valence-corrected chi connectivity index (χ4v) is 1.96. The highest BCUT2D eigenvalue weighted by molar-refractivity contribution is 6.31. The fraction of sp³-hybridized carbons (Fsp3) is 0.455. The lowest BCUT2D eigenvalue weighted by molar-refractivity contribution is -0.138. The Bertz CT molecular complexity index is 383. The van der Waals surface area contributed by atoms with Crippen LogP contribution in [0.5, 0.6) is 0 Å². The van der Waals surface area contributed by atoms with Crippen molar-refractivity contribution in [3.05, 3.63) is 34.3 Å². The van der Waals surface area contributed by atoms with Gasteiger partial charge in [0.25, 0.3) is 0 Å². The summed E-state index contributed by atoms with van der Waals surface area (Å²) >= 11 is 5.80. The predicted octanol–water partition coefficient (Wildman–Crippen LogP) is 3.52. The van der Waals surface area contributed by atoms with Crippen molar-refractivity contribution in [3.63, 3.8) is 0 Å². The van der Waals surface area contributed by atoms with Gasteiger partial charge in [0, 0.05) is 11.1 Å². The summed E-state index contributed by atoms with van der Waals surface area (Å²) in [6.07, 6.45) is -3.51. The molecular formula is C11H15Cl2F3N2. The molecule has 0 aliphatic rings. The Kier molecular flexibility index (Phi) is 6.99. The van der Waals surface area contributed by atoms with Crippen molar-refractivity contribution in [2.45, 2.75) is 25.1 Å². The lowest BCUT2D eigenvalue weighted by atomic mass is 9.97. The molecule has 0 fully saturated rings. The van der Waals surface area contributed by atoms with E-state index in [0.717, 1.165) is 6.07 Å². The SMILES string of the molecule is Cl.NCCC[C@H](N)c1c(Cl)cccc1C(F)(F)F. The zero-order chi connectivity index (χ0) is 13.1. The molecular weight excluding hydrogens is 288 g/mol. The maximum absolute atomic E-state index is 12.8. The molecule has 104 valence electrons. The van der Waals surface area contributed by atoms with E-state index in [9.17, 15) is 13.2 Å².